The lowest BCUT2D eigenvalue weighted by Crippen LogP contribution is -2.21. The van der Waals surface area contributed by atoms with Crippen molar-refractivity contribution in [1.29, 1.82) is 0 Å². The van der Waals surface area contributed by atoms with E-state index in [4.69, 9.17) is 0 Å². The van der Waals surface area contributed by atoms with E-state index in [1.54, 1.807) is 42.5 Å². The summed E-state index contributed by atoms with van der Waals surface area (Å²) in [5.41, 5.74) is 3.47. The van der Waals surface area contributed by atoms with Gasteiger partial charge in [0.2, 0.25) is 0 Å². The molecule has 28 heavy (non-hydrogen) atoms. The lowest BCUT2D eigenvalue weighted by molar-refractivity contribution is 0.0979. The van der Waals surface area contributed by atoms with Crippen molar-refractivity contribution in [3.63, 3.8) is 0 Å². The first-order chi connectivity index (χ1) is 13.6. The van der Waals surface area contributed by atoms with Crippen LogP contribution < -0.4 is 0 Å². The fourth-order valence-corrected chi connectivity index (χ4v) is 3.97. The molecule has 1 aliphatic carbocycles. The van der Waals surface area contributed by atoms with Crippen LogP contribution in [-0.4, -0.2) is 16.7 Å². The number of aromatic hydroxyl groups is 1. The number of hydrogen-bond acceptors (Lipinski definition) is 3. The number of rotatable bonds is 2. The van der Waals surface area contributed by atoms with Gasteiger partial charge in [0.1, 0.15) is 5.75 Å². The first kappa shape index (κ1) is 16.5. The largest absolute Gasteiger partial charge is 0.508 e. The van der Waals surface area contributed by atoms with Gasteiger partial charge in [0.05, 0.1) is 0 Å². The molecule has 0 atom stereocenters. The number of phenolic OH excluding ortho intramolecular Hbond substituents is 1. The summed E-state index contributed by atoms with van der Waals surface area (Å²) in [4.78, 5) is 25.7. The van der Waals surface area contributed by atoms with Crippen LogP contribution in [0.3, 0.4) is 0 Å². The molecule has 4 aromatic carbocycles. The van der Waals surface area contributed by atoms with Gasteiger partial charge >= 0.3 is 0 Å². The van der Waals surface area contributed by atoms with Gasteiger partial charge in [0, 0.05) is 34.2 Å². The van der Waals surface area contributed by atoms with Crippen molar-refractivity contribution < 1.29 is 14.7 Å². The Morgan fingerprint density at radius 2 is 1.29 bits per heavy atom. The zero-order valence-corrected chi connectivity index (χ0v) is 15.0. The molecule has 5 rings (SSSR count). The molecule has 0 spiro atoms. The summed E-state index contributed by atoms with van der Waals surface area (Å²) in [6.07, 6.45) is 0.476. The van der Waals surface area contributed by atoms with Crippen LogP contribution in [0.25, 0.3) is 10.8 Å². The van der Waals surface area contributed by atoms with Gasteiger partial charge in [-0.1, -0.05) is 66.7 Å². The van der Waals surface area contributed by atoms with E-state index in [1.807, 2.05) is 36.4 Å². The van der Waals surface area contributed by atoms with E-state index < -0.39 is 0 Å². The van der Waals surface area contributed by atoms with Crippen LogP contribution in [0.15, 0.2) is 78.9 Å². The normalized spacial score (nSPS) is 12.7. The number of phenols is 1. The number of hydrogen-bond donors (Lipinski definition) is 1. The van der Waals surface area contributed by atoms with Gasteiger partial charge in [-0.25, -0.2) is 0 Å². The standard InChI is InChI=1S/C25H16O3/c26-23-12-10-16-5-1-2-6-17(16)21(23)13-15-9-11-20-22(14-15)25(28)19-8-4-3-7-18(19)24(20)27/h1-12,14,26H,13H2. The molecule has 0 amide bonds. The van der Waals surface area contributed by atoms with E-state index in [0.29, 0.717) is 28.7 Å². The van der Waals surface area contributed by atoms with E-state index in [2.05, 4.69) is 0 Å². The predicted molar refractivity (Wildman–Crippen MR) is 108 cm³/mol. The lowest BCUT2D eigenvalue weighted by atomic mass is 9.83. The molecule has 1 aliphatic rings. The topological polar surface area (TPSA) is 54.4 Å². The lowest BCUT2D eigenvalue weighted by Gasteiger charge is -2.18. The van der Waals surface area contributed by atoms with Crippen LogP contribution in [0, 0.1) is 0 Å². The average molecular weight is 364 g/mol. The van der Waals surface area contributed by atoms with Crippen molar-refractivity contribution in [3.05, 3.63) is 112 Å². The highest BCUT2D eigenvalue weighted by Crippen LogP contribution is 2.32. The molecule has 0 radical (unpaired) electrons. The molecule has 3 heteroatoms. The summed E-state index contributed by atoms with van der Waals surface area (Å²) < 4.78 is 0. The molecule has 0 aliphatic heterocycles. The summed E-state index contributed by atoms with van der Waals surface area (Å²) in [6, 6.07) is 23.8. The van der Waals surface area contributed by atoms with E-state index in [0.717, 1.165) is 21.9 Å². The fraction of sp³-hybridized carbons (Fsp3) is 0.0400. The molecule has 0 heterocycles. The average Bonchev–Trinajstić information content (AvgIpc) is 2.74. The Morgan fingerprint density at radius 1 is 0.643 bits per heavy atom. The number of fused-ring (bicyclic) bond motifs is 3. The second kappa shape index (κ2) is 6.17. The first-order valence-electron chi connectivity index (χ1n) is 9.14. The van der Waals surface area contributed by atoms with Crippen LogP contribution in [0.2, 0.25) is 0 Å². The number of carbonyl (C=O) groups excluding carboxylic acids is 2. The summed E-state index contributed by atoms with van der Waals surface area (Å²) >= 11 is 0. The van der Waals surface area contributed by atoms with Crippen molar-refractivity contribution in [2.45, 2.75) is 6.42 Å². The zero-order valence-electron chi connectivity index (χ0n) is 15.0. The van der Waals surface area contributed by atoms with Crippen LogP contribution in [0.5, 0.6) is 5.75 Å². The van der Waals surface area contributed by atoms with Gasteiger partial charge < -0.3 is 5.11 Å². The van der Waals surface area contributed by atoms with Crippen molar-refractivity contribution in [1.82, 2.24) is 0 Å². The molecule has 0 saturated carbocycles. The molecular weight excluding hydrogens is 348 g/mol. The second-order valence-corrected chi connectivity index (χ2v) is 7.04. The molecule has 0 unspecified atom stereocenters. The van der Waals surface area contributed by atoms with Crippen molar-refractivity contribution in [2.75, 3.05) is 0 Å². The molecular formula is C25H16O3. The van der Waals surface area contributed by atoms with Crippen LogP contribution in [0.1, 0.15) is 43.0 Å². The van der Waals surface area contributed by atoms with E-state index in [9.17, 15) is 14.7 Å². The Bertz CT molecular complexity index is 1280. The maximum absolute atomic E-state index is 12.9. The monoisotopic (exact) mass is 364 g/mol. The quantitative estimate of drug-likeness (QED) is 0.484. The molecule has 0 fully saturated rings. The molecule has 3 nitrogen and oxygen atoms in total. The highest BCUT2D eigenvalue weighted by Gasteiger charge is 2.29. The minimum Gasteiger partial charge on any atom is -0.508 e. The maximum Gasteiger partial charge on any atom is 0.194 e. The summed E-state index contributed by atoms with van der Waals surface area (Å²) in [7, 11) is 0. The third-order valence-corrected chi connectivity index (χ3v) is 5.39. The SMILES string of the molecule is O=C1c2ccccc2C(=O)c2cc(Cc3c(O)ccc4ccccc34)ccc21. The minimum atomic E-state index is -0.130. The highest BCUT2D eigenvalue weighted by molar-refractivity contribution is 6.28. The third-order valence-electron chi connectivity index (χ3n) is 5.39. The summed E-state index contributed by atoms with van der Waals surface area (Å²) in [6.45, 7) is 0. The zero-order chi connectivity index (χ0) is 19.3. The summed E-state index contributed by atoms with van der Waals surface area (Å²) in [5.74, 6) is -0.0249. The number of carbonyl (C=O) groups is 2. The van der Waals surface area contributed by atoms with E-state index >= 15 is 0 Å². The highest BCUT2D eigenvalue weighted by atomic mass is 16.3. The molecule has 4 aromatic rings. The van der Waals surface area contributed by atoms with Gasteiger partial charge in [0.15, 0.2) is 11.6 Å². The molecule has 0 bridgehead atoms. The molecule has 0 aromatic heterocycles. The van der Waals surface area contributed by atoms with Gasteiger partial charge in [-0.2, -0.15) is 0 Å². The van der Waals surface area contributed by atoms with Crippen molar-refractivity contribution >= 4 is 22.3 Å². The van der Waals surface area contributed by atoms with Crippen molar-refractivity contribution in [3.8, 4) is 5.75 Å². The smallest absolute Gasteiger partial charge is 0.194 e. The van der Waals surface area contributed by atoms with Gasteiger partial charge in [-0.3, -0.25) is 9.59 Å². The predicted octanol–water partition coefficient (Wildman–Crippen LogP) is 4.91. The molecule has 1 N–H and O–H groups in total. The van der Waals surface area contributed by atoms with E-state index in [1.165, 1.54) is 0 Å². The summed E-state index contributed by atoms with van der Waals surface area (Å²) in [5, 5.41) is 12.4. The Hall–Kier alpha value is -3.72. The van der Waals surface area contributed by atoms with Gasteiger partial charge in [-0.05, 0) is 28.5 Å². The Balaban J connectivity index is 1.61. The second-order valence-electron chi connectivity index (χ2n) is 7.04. The minimum absolute atomic E-state index is 0.121. The third kappa shape index (κ3) is 2.44. The Morgan fingerprint density at radius 3 is 2.07 bits per heavy atom. The Labute approximate surface area is 161 Å². The van der Waals surface area contributed by atoms with Gasteiger partial charge in [-0.15, -0.1) is 0 Å². The van der Waals surface area contributed by atoms with E-state index in [-0.39, 0.29) is 17.3 Å². The van der Waals surface area contributed by atoms with Crippen LogP contribution >= 0.6 is 0 Å². The number of benzene rings is 4. The fourth-order valence-electron chi connectivity index (χ4n) is 3.97. The van der Waals surface area contributed by atoms with Crippen LogP contribution in [0.4, 0.5) is 0 Å². The van der Waals surface area contributed by atoms with Gasteiger partial charge in [0.25, 0.3) is 0 Å². The maximum atomic E-state index is 12.9. The van der Waals surface area contributed by atoms with Crippen LogP contribution in [-0.2, 0) is 6.42 Å². The first-order valence-corrected chi connectivity index (χ1v) is 9.14. The Kier molecular flexibility index (Phi) is 3.63. The number of ketones is 2. The van der Waals surface area contributed by atoms with Crippen molar-refractivity contribution in [2.24, 2.45) is 0 Å². The molecule has 134 valence electrons. The molecule has 0 saturated heterocycles.